The van der Waals surface area contributed by atoms with E-state index in [-0.39, 0.29) is 6.29 Å². The zero-order valence-electron chi connectivity index (χ0n) is 6.24. The molecule has 0 aliphatic rings. The lowest BCUT2D eigenvalue weighted by Crippen LogP contribution is -2.46. The first-order valence-corrected chi connectivity index (χ1v) is 3.33. The van der Waals surface area contributed by atoms with Gasteiger partial charge in [-0.2, -0.15) is 0 Å². The minimum atomic E-state index is -1.79. The van der Waals surface area contributed by atoms with E-state index in [1.165, 1.54) is 0 Å². The number of carbonyl (C=O) groups excluding carboxylic acids is 1. The molecule has 5 N–H and O–H groups in total. The predicted molar refractivity (Wildman–Crippen MR) is 37.2 cm³/mol. The third-order valence-electron chi connectivity index (χ3n) is 1.42. The Morgan fingerprint density at radius 3 is 1.92 bits per heavy atom. The van der Waals surface area contributed by atoms with Crippen molar-refractivity contribution in [1.82, 2.24) is 0 Å². The second kappa shape index (κ2) is 5.18. The number of hydrogen-bond donors (Lipinski definition) is 5. The number of hydrogen-bond acceptors (Lipinski definition) is 6. The second-order valence-corrected chi connectivity index (χ2v) is 2.36. The fourth-order valence-electron chi connectivity index (χ4n) is 0.618. The van der Waals surface area contributed by atoms with Crippen LogP contribution in [-0.2, 0) is 4.79 Å². The van der Waals surface area contributed by atoms with E-state index >= 15 is 0 Å². The summed E-state index contributed by atoms with van der Waals surface area (Å²) in [6.45, 7) is -0.760. The fourth-order valence-corrected chi connectivity index (χ4v) is 0.618. The average molecular weight is 180 g/mol. The standard InChI is InChI=1S/C6H12O6/c7-1-3(9)5(11)6(12)4(10)2-8/h1,3-6,8-12H,2H2/t3?,4?,5?,6-/m0/s1. The van der Waals surface area contributed by atoms with Crippen LogP contribution in [0.1, 0.15) is 0 Å². The Bertz CT molecular complexity index is 138. The van der Waals surface area contributed by atoms with E-state index in [2.05, 4.69) is 0 Å². The third-order valence-corrected chi connectivity index (χ3v) is 1.42. The van der Waals surface area contributed by atoms with Crippen molar-refractivity contribution in [1.29, 1.82) is 0 Å². The summed E-state index contributed by atoms with van der Waals surface area (Å²) >= 11 is 0. The number of rotatable bonds is 5. The van der Waals surface area contributed by atoms with E-state index < -0.39 is 31.0 Å². The highest BCUT2D eigenvalue weighted by Gasteiger charge is 2.29. The Morgan fingerprint density at radius 1 is 1.08 bits per heavy atom. The van der Waals surface area contributed by atoms with Crippen molar-refractivity contribution in [3.05, 3.63) is 0 Å². The van der Waals surface area contributed by atoms with Crippen molar-refractivity contribution in [2.24, 2.45) is 0 Å². The first-order chi connectivity index (χ1) is 5.54. The Balaban J connectivity index is 4.07. The Hall–Kier alpha value is -0.530. The van der Waals surface area contributed by atoms with Gasteiger partial charge in [0.25, 0.3) is 0 Å². The lowest BCUT2D eigenvalue weighted by molar-refractivity contribution is -0.136. The topological polar surface area (TPSA) is 118 Å². The molecule has 0 bridgehead atoms. The molecular formula is C6H12O6. The minimum Gasteiger partial charge on any atom is -0.394 e. The molecule has 0 saturated carbocycles. The van der Waals surface area contributed by atoms with Crippen LogP contribution in [0.2, 0.25) is 0 Å². The highest BCUT2D eigenvalue weighted by Crippen LogP contribution is 2.02. The molecule has 0 aromatic heterocycles. The normalized spacial score (nSPS) is 21.1. The molecule has 0 amide bonds. The summed E-state index contributed by atoms with van der Waals surface area (Å²) < 4.78 is 0. The quantitative estimate of drug-likeness (QED) is 0.282. The third kappa shape index (κ3) is 2.84. The molecular weight excluding hydrogens is 168 g/mol. The monoisotopic (exact) mass is 180 g/mol. The zero-order chi connectivity index (χ0) is 9.72. The predicted octanol–water partition coefficient (Wildman–Crippen LogP) is -3.38. The van der Waals surface area contributed by atoms with Gasteiger partial charge in [0.15, 0.2) is 6.29 Å². The van der Waals surface area contributed by atoms with E-state index in [1.54, 1.807) is 0 Å². The summed E-state index contributed by atoms with van der Waals surface area (Å²) in [7, 11) is 0. The van der Waals surface area contributed by atoms with Gasteiger partial charge in [-0.3, -0.25) is 0 Å². The van der Waals surface area contributed by atoms with E-state index in [4.69, 9.17) is 25.5 Å². The van der Waals surface area contributed by atoms with Crippen molar-refractivity contribution >= 4 is 6.29 Å². The molecule has 0 aromatic rings. The highest BCUT2D eigenvalue weighted by atomic mass is 16.4. The molecule has 0 fully saturated rings. The molecule has 6 nitrogen and oxygen atoms in total. The molecule has 0 heterocycles. The summed E-state index contributed by atoms with van der Waals surface area (Å²) in [4.78, 5) is 9.90. The molecule has 4 atom stereocenters. The van der Waals surface area contributed by atoms with Crippen molar-refractivity contribution < 1.29 is 30.3 Å². The molecule has 0 spiro atoms. The molecule has 0 saturated heterocycles. The molecule has 0 aliphatic heterocycles. The highest BCUT2D eigenvalue weighted by molar-refractivity contribution is 5.56. The first kappa shape index (κ1) is 11.5. The zero-order valence-corrected chi connectivity index (χ0v) is 6.24. The van der Waals surface area contributed by atoms with Gasteiger partial charge in [-0.25, -0.2) is 0 Å². The van der Waals surface area contributed by atoms with Gasteiger partial charge in [-0.15, -0.1) is 0 Å². The first-order valence-electron chi connectivity index (χ1n) is 3.33. The maximum absolute atomic E-state index is 9.90. The largest absolute Gasteiger partial charge is 0.394 e. The van der Waals surface area contributed by atoms with E-state index in [9.17, 15) is 4.79 Å². The Labute approximate surface area is 68.7 Å². The summed E-state index contributed by atoms with van der Waals surface area (Å²) in [6, 6.07) is 0. The minimum absolute atomic E-state index is 0.0258. The van der Waals surface area contributed by atoms with Gasteiger partial charge < -0.3 is 30.3 Å². The van der Waals surface area contributed by atoms with E-state index in [0.29, 0.717) is 0 Å². The lowest BCUT2D eigenvalue weighted by atomic mass is 10.0. The van der Waals surface area contributed by atoms with Gasteiger partial charge in [0.1, 0.15) is 24.4 Å². The van der Waals surface area contributed by atoms with Gasteiger partial charge in [-0.1, -0.05) is 0 Å². The SMILES string of the molecule is O=CC(O)C(O)[C@@H](O)C(O)CO. The smallest absolute Gasteiger partial charge is 0.151 e. The van der Waals surface area contributed by atoms with Crippen molar-refractivity contribution in [3.8, 4) is 0 Å². The van der Waals surface area contributed by atoms with Crippen LogP contribution in [0, 0.1) is 0 Å². The van der Waals surface area contributed by atoms with Gasteiger partial charge in [0.05, 0.1) is 6.61 Å². The molecule has 0 aliphatic carbocycles. The van der Waals surface area contributed by atoms with Crippen LogP contribution in [0.4, 0.5) is 0 Å². The van der Waals surface area contributed by atoms with E-state index in [1.807, 2.05) is 0 Å². The molecule has 3 unspecified atom stereocenters. The molecule has 6 heteroatoms. The van der Waals surface area contributed by atoms with Crippen LogP contribution in [0.15, 0.2) is 0 Å². The number of aliphatic hydroxyl groups is 5. The maximum Gasteiger partial charge on any atom is 0.151 e. The average Bonchev–Trinajstić information content (AvgIpc) is 2.12. The molecule has 12 heavy (non-hydrogen) atoms. The molecule has 0 rings (SSSR count). The van der Waals surface area contributed by atoms with Crippen LogP contribution in [0.5, 0.6) is 0 Å². The van der Waals surface area contributed by atoms with Gasteiger partial charge in [0, 0.05) is 0 Å². The van der Waals surface area contributed by atoms with Crippen LogP contribution in [0.3, 0.4) is 0 Å². The van der Waals surface area contributed by atoms with Crippen LogP contribution >= 0.6 is 0 Å². The summed E-state index contributed by atoms with van der Waals surface area (Å²) in [5.74, 6) is 0. The van der Waals surface area contributed by atoms with Crippen molar-refractivity contribution in [2.45, 2.75) is 24.4 Å². The molecule has 72 valence electrons. The maximum atomic E-state index is 9.90. The fraction of sp³-hybridized carbons (Fsp3) is 0.833. The van der Waals surface area contributed by atoms with Crippen molar-refractivity contribution in [3.63, 3.8) is 0 Å². The Morgan fingerprint density at radius 2 is 1.58 bits per heavy atom. The number of carbonyl (C=O) groups is 1. The molecule has 0 aromatic carbocycles. The lowest BCUT2D eigenvalue weighted by Gasteiger charge is -2.22. The van der Waals surface area contributed by atoms with E-state index in [0.717, 1.165) is 0 Å². The Kier molecular flexibility index (Phi) is 4.95. The van der Waals surface area contributed by atoms with Crippen LogP contribution in [-0.4, -0.2) is 62.8 Å². The number of aldehydes is 1. The van der Waals surface area contributed by atoms with Crippen molar-refractivity contribution in [2.75, 3.05) is 6.61 Å². The summed E-state index contributed by atoms with van der Waals surface area (Å²) in [5, 5.41) is 43.5. The number of aliphatic hydroxyl groups excluding tert-OH is 5. The van der Waals surface area contributed by atoms with Gasteiger partial charge in [-0.05, 0) is 0 Å². The summed E-state index contributed by atoms with van der Waals surface area (Å²) in [6.07, 6.45) is -6.84. The van der Waals surface area contributed by atoms with Crippen LogP contribution < -0.4 is 0 Å². The summed E-state index contributed by atoms with van der Waals surface area (Å²) in [5.41, 5.74) is 0. The van der Waals surface area contributed by atoms with Gasteiger partial charge >= 0.3 is 0 Å². The molecule has 0 radical (unpaired) electrons. The van der Waals surface area contributed by atoms with Gasteiger partial charge in [0.2, 0.25) is 0 Å². The van der Waals surface area contributed by atoms with Crippen LogP contribution in [0.25, 0.3) is 0 Å². The second-order valence-electron chi connectivity index (χ2n) is 2.36.